The molecule has 1 N–H and O–H groups in total. The average molecular weight is 320 g/mol. The molecule has 0 amide bonds. The Morgan fingerprint density at radius 2 is 1.89 bits per heavy atom. The summed E-state index contributed by atoms with van der Waals surface area (Å²) < 4.78 is 6.70. The van der Waals surface area contributed by atoms with Gasteiger partial charge in [0.05, 0.1) is 10.5 Å². The first-order chi connectivity index (χ1) is 9.33. The molecule has 19 heavy (non-hydrogen) atoms. The molecule has 1 aliphatic heterocycles. The van der Waals surface area contributed by atoms with Gasteiger partial charge in [0.1, 0.15) is 6.10 Å². The number of benzene rings is 1. The van der Waals surface area contributed by atoms with Crippen LogP contribution in [0.25, 0.3) is 0 Å². The van der Waals surface area contributed by atoms with Crippen molar-refractivity contribution in [1.29, 1.82) is 0 Å². The minimum Gasteiger partial charge on any atom is -0.371 e. The van der Waals surface area contributed by atoms with Crippen LogP contribution in [0.3, 0.4) is 0 Å². The molecule has 0 saturated carbocycles. The zero-order valence-electron chi connectivity index (χ0n) is 10.3. The molecule has 5 heteroatoms. The highest BCUT2D eigenvalue weighted by molar-refractivity contribution is 9.10. The van der Waals surface area contributed by atoms with Crippen molar-refractivity contribution in [2.24, 2.45) is 0 Å². The molecule has 0 spiro atoms. The van der Waals surface area contributed by atoms with Crippen molar-refractivity contribution in [3.8, 4) is 0 Å². The molecule has 1 saturated heterocycles. The fraction of sp³-hybridized carbons (Fsp3) is 0.286. The molecule has 2 aromatic rings. The van der Waals surface area contributed by atoms with Crippen LogP contribution in [-0.4, -0.2) is 22.6 Å². The Bertz CT molecular complexity index is 532. The van der Waals surface area contributed by atoms with Gasteiger partial charge in [0, 0.05) is 19.0 Å². The molecule has 1 fully saturated rings. The maximum absolute atomic E-state index is 5.82. The number of ether oxygens (including phenoxy) is 1. The minimum atomic E-state index is 0.0634. The lowest BCUT2D eigenvalue weighted by molar-refractivity contribution is 0.107. The van der Waals surface area contributed by atoms with Gasteiger partial charge in [-0.05, 0) is 27.9 Å². The third-order valence-corrected chi connectivity index (χ3v) is 3.56. The minimum absolute atomic E-state index is 0.0634. The molecule has 2 heterocycles. The first-order valence-electron chi connectivity index (χ1n) is 6.23. The number of hydrogen-bond donors (Lipinski definition) is 1. The molecule has 0 radical (unpaired) electrons. The van der Waals surface area contributed by atoms with Crippen molar-refractivity contribution >= 4 is 21.9 Å². The van der Waals surface area contributed by atoms with E-state index in [0.29, 0.717) is 5.95 Å². The molecule has 98 valence electrons. The maximum Gasteiger partial charge on any atom is 0.222 e. The number of anilines is 1. The fourth-order valence-electron chi connectivity index (χ4n) is 2.26. The van der Waals surface area contributed by atoms with Gasteiger partial charge < -0.3 is 10.1 Å². The molecule has 4 nitrogen and oxygen atoms in total. The van der Waals surface area contributed by atoms with Crippen LogP contribution < -0.4 is 5.32 Å². The lowest BCUT2D eigenvalue weighted by Crippen LogP contribution is -2.24. The van der Waals surface area contributed by atoms with E-state index in [1.54, 1.807) is 12.4 Å². The van der Waals surface area contributed by atoms with Crippen LogP contribution in [0.2, 0.25) is 0 Å². The molecule has 1 aromatic carbocycles. The summed E-state index contributed by atoms with van der Waals surface area (Å²) in [5.74, 6) is 0.639. The van der Waals surface area contributed by atoms with E-state index in [9.17, 15) is 0 Å². The van der Waals surface area contributed by atoms with E-state index in [-0.39, 0.29) is 12.1 Å². The van der Waals surface area contributed by atoms with Crippen molar-refractivity contribution in [2.75, 3.05) is 11.9 Å². The number of hydrogen-bond acceptors (Lipinski definition) is 4. The maximum atomic E-state index is 5.82. The Morgan fingerprint density at radius 3 is 2.63 bits per heavy atom. The molecule has 1 aliphatic rings. The van der Waals surface area contributed by atoms with Gasteiger partial charge in [-0.3, -0.25) is 0 Å². The molecule has 0 bridgehead atoms. The normalized spacial score (nSPS) is 22.4. The van der Waals surface area contributed by atoms with Crippen molar-refractivity contribution in [1.82, 2.24) is 9.97 Å². The van der Waals surface area contributed by atoms with Gasteiger partial charge in [0.25, 0.3) is 0 Å². The topological polar surface area (TPSA) is 47.0 Å². The van der Waals surface area contributed by atoms with Gasteiger partial charge in [-0.25, -0.2) is 9.97 Å². The van der Waals surface area contributed by atoms with Crippen LogP contribution in [0.1, 0.15) is 18.1 Å². The average Bonchev–Trinajstić information content (AvgIpc) is 2.90. The van der Waals surface area contributed by atoms with E-state index in [4.69, 9.17) is 4.74 Å². The van der Waals surface area contributed by atoms with Gasteiger partial charge in [-0.15, -0.1) is 0 Å². The smallest absolute Gasteiger partial charge is 0.222 e. The van der Waals surface area contributed by atoms with E-state index in [2.05, 4.69) is 43.3 Å². The highest BCUT2D eigenvalue weighted by Gasteiger charge is 2.29. The van der Waals surface area contributed by atoms with E-state index in [0.717, 1.165) is 17.5 Å². The number of rotatable bonds is 3. The monoisotopic (exact) mass is 319 g/mol. The summed E-state index contributed by atoms with van der Waals surface area (Å²) >= 11 is 3.33. The largest absolute Gasteiger partial charge is 0.371 e. The molecule has 2 atom stereocenters. The third kappa shape index (κ3) is 2.93. The number of nitrogens with one attached hydrogen (secondary N) is 1. The van der Waals surface area contributed by atoms with Gasteiger partial charge in [-0.2, -0.15) is 0 Å². The van der Waals surface area contributed by atoms with Crippen molar-refractivity contribution < 1.29 is 4.74 Å². The van der Waals surface area contributed by atoms with Crippen LogP contribution >= 0.6 is 15.9 Å². The summed E-state index contributed by atoms with van der Waals surface area (Å²) in [5.41, 5.74) is 1.19. The Balaban J connectivity index is 1.75. The van der Waals surface area contributed by atoms with E-state index in [1.165, 1.54) is 5.56 Å². The van der Waals surface area contributed by atoms with Crippen LogP contribution in [-0.2, 0) is 4.74 Å². The SMILES string of the molecule is Brc1cnc(N[C@@H]2CCO[C@H]2c2ccccc2)nc1. The quantitative estimate of drug-likeness (QED) is 0.943. The lowest BCUT2D eigenvalue weighted by atomic mass is 10.0. The summed E-state index contributed by atoms with van der Waals surface area (Å²) in [4.78, 5) is 8.49. The fourth-order valence-corrected chi connectivity index (χ4v) is 2.47. The van der Waals surface area contributed by atoms with Gasteiger partial charge >= 0.3 is 0 Å². The van der Waals surface area contributed by atoms with Crippen LogP contribution in [0, 0.1) is 0 Å². The summed E-state index contributed by atoms with van der Waals surface area (Å²) in [6, 6.07) is 10.5. The predicted molar refractivity (Wildman–Crippen MR) is 76.9 cm³/mol. The van der Waals surface area contributed by atoms with Gasteiger partial charge in [0.15, 0.2) is 0 Å². The molecular weight excluding hydrogens is 306 g/mol. The lowest BCUT2D eigenvalue weighted by Gasteiger charge is -2.20. The van der Waals surface area contributed by atoms with Gasteiger partial charge in [-0.1, -0.05) is 30.3 Å². The molecule has 0 unspecified atom stereocenters. The van der Waals surface area contributed by atoms with E-state index in [1.807, 2.05) is 18.2 Å². The van der Waals surface area contributed by atoms with E-state index >= 15 is 0 Å². The predicted octanol–water partition coefficient (Wildman–Crippen LogP) is 3.18. The highest BCUT2D eigenvalue weighted by Crippen LogP contribution is 2.30. The van der Waals surface area contributed by atoms with E-state index < -0.39 is 0 Å². The standard InChI is InChI=1S/C14H14BrN3O/c15-11-8-16-14(17-9-11)18-12-6-7-19-13(12)10-4-2-1-3-5-10/h1-5,8-9,12-13H,6-7H2,(H,16,17,18)/t12-,13+/m1/s1. The molecule has 0 aliphatic carbocycles. The highest BCUT2D eigenvalue weighted by atomic mass is 79.9. The number of nitrogens with zero attached hydrogens (tertiary/aromatic N) is 2. The summed E-state index contributed by atoms with van der Waals surface area (Å²) in [5, 5.41) is 3.35. The van der Waals surface area contributed by atoms with Crippen molar-refractivity contribution in [3.05, 3.63) is 52.8 Å². The first-order valence-corrected chi connectivity index (χ1v) is 7.03. The Labute approximate surface area is 120 Å². The Kier molecular flexibility index (Phi) is 3.75. The molecule has 3 rings (SSSR count). The summed E-state index contributed by atoms with van der Waals surface area (Å²) in [6.45, 7) is 0.758. The number of halogens is 1. The Hall–Kier alpha value is -1.46. The zero-order valence-corrected chi connectivity index (χ0v) is 11.9. The number of aromatic nitrogens is 2. The second-order valence-electron chi connectivity index (χ2n) is 4.47. The second-order valence-corrected chi connectivity index (χ2v) is 5.38. The van der Waals surface area contributed by atoms with Crippen LogP contribution in [0.15, 0.2) is 47.2 Å². The Morgan fingerprint density at radius 1 is 1.16 bits per heavy atom. The summed E-state index contributed by atoms with van der Waals surface area (Å²) in [7, 11) is 0. The van der Waals surface area contributed by atoms with Crippen molar-refractivity contribution in [3.63, 3.8) is 0 Å². The van der Waals surface area contributed by atoms with Gasteiger partial charge in [0.2, 0.25) is 5.95 Å². The first kappa shape index (κ1) is 12.6. The molecule has 1 aromatic heterocycles. The second kappa shape index (κ2) is 5.67. The zero-order chi connectivity index (χ0) is 13.1. The molecular formula is C14H14BrN3O. The van der Waals surface area contributed by atoms with Crippen molar-refractivity contribution in [2.45, 2.75) is 18.6 Å². The van der Waals surface area contributed by atoms with Crippen LogP contribution in [0.4, 0.5) is 5.95 Å². The van der Waals surface area contributed by atoms with Crippen LogP contribution in [0.5, 0.6) is 0 Å². The third-order valence-electron chi connectivity index (χ3n) is 3.15. The summed E-state index contributed by atoms with van der Waals surface area (Å²) in [6.07, 6.45) is 4.50.